The van der Waals surface area contributed by atoms with Gasteiger partial charge in [0.1, 0.15) is 18.7 Å². The summed E-state index contributed by atoms with van der Waals surface area (Å²) < 4.78 is 5.36. The third-order valence-corrected chi connectivity index (χ3v) is 7.86. The minimum atomic E-state index is -0.834. The van der Waals surface area contributed by atoms with Gasteiger partial charge in [-0.3, -0.25) is 19.2 Å². The van der Waals surface area contributed by atoms with E-state index in [-0.39, 0.29) is 56.4 Å². The molecule has 0 saturated carbocycles. The molecule has 0 radical (unpaired) electrons. The lowest BCUT2D eigenvalue weighted by molar-refractivity contribution is -0.141. The number of ether oxygens (including phenoxy) is 1. The largest absolute Gasteiger partial charge is 0.445 e. The molecule has 1 fully saturated rings. The van der Waals surface area contributed by atoms with Gasteiger partial charge in [0, 0.05) is 38.3 Å². The standard InChI is InChI=1S/C35H41N5O6/c1-3-31(41)36-19-10-9-18-30(38-35(45)46-24-26-12-5-4-6-13-26)34(44)40-22-20-39(21-23-40)33(43)25(2)37-32(42)29-17-11-15-27-14-7-8-16-28(27)29/h3-8,11-17,25,30H,1,9-10,18-24H2,2H3,(H,36,41)(H,37,42)(H,38,45)/t25-,30-/m0/s1. The van der Waals surface area contributed by atoms with Crippen molar-refractivity contribution in [3.63, 3.8) is 0 Å². The van der Waals surface area contributed by atoms with Crippen LogP contribution in [0.25, 0.3) is 10.8 Å². The number of alkyl carbamates (subject to hydrolysis) is 1. The Kier molecular flexibility index (Phi) is 12.3. The predicted molar refractivity (Wildman–Crippen MR) is 175 cm³/mol. The summed E-state index contributed by atoms with van der Waals surface area (Å²) in [5.74, 6) is -1.11. The van der Waals surface area contributed by atoms with Gasteiger partial charge in [0.2, 0.25) is 17.7 Å². The van der Waals surface area contributed by atoms with Gasteiger partial charge < -0.3 is 30.5 Å². The van der Waals surface area contributed by atoms with Crippen LogP contribution < -0.4 is 16.0 Å². The lowest BCUT2D eigenvalue weighted by atomic mass is 10.0. The monoisotopic (exact) mass is 627 g/mol. The number of fused-ring (bicyclic) bond motifs is 1. The molecule has 3 aromatic carbocycles. The Morgan fingerprint density at radius 2 is 1.48 bits per heavy atom. The summed E-state index contributed by atoms with van der Waals surface area (Å²) >= 11 is 0. The number of rotatable bonds is 13. The van der Waals surface area contributed by atoms with Crippen molar-refractivity contribution in [2.75, 3.05) is 32.7 Å². The molecule has 1 aliphatic rings. The lowest BCUT2D eigenvalue weighted by Gasteiger charge is -2.37. The second-order valence-electron chi connectivity index (χ2n) is 11.1. The van der Waals surface area contributed by atoms with Crippen molar-refractivity contribution in [1.29, 1.82) is 0 Å². The van der Waals surface area contributed by atoms with E-state index in [4.69, 9.17) is 4.74 Å². The number of nitrogens with zero attached hydrogens (tertiary/aromatic N) is 2. The third-order valence-electron chi connectivity index (χ3n) is 7.86. The van der Waals surface area contributed by atoms with Gasteiger partial charge in [0.25, 0.3) is 5.91 Å². The van der Waals surface area contributed by atoms with Gasteiger partial charge in [-0.1, -0.05) is 73.3 Å². The maximum Gasteiger partial charge on any atom is 0.408 e. The van der Waals surface area contributed by atoms with Gasteiger partial charge in [0.15, 0.2) is 0 Å². The van der Waals surface area contributed by atoms with E-state index in [0.717, 1.165) is 16.3 Å². The van der Waals surface area contributed by atoms with Gasteiger partial charge in [-0.25, -0.2) is 4.79 Å². The van der Waals surface area contributed by atoms with Crippen LogP contribution in [0.1, 0.15) is 42.1 Å². The molecule has 3 aromatic rings. The molecule has 0 aliphatic carbocycles. The van der Waals surface area contributed by atoms with Crippen molar-refractivity contribution in [2.45, 2.75) is 44.9 Å². The molecule has 3 N–H and O–H groups in total. The van der Waals surface area contributed by atoms with E-state index in [1.807, 2.05) is 66.7 Å². The van der Waals surface area contributed by atoms with Gasteiger partial charge in [-0.2, -0.15) is 0 Å². The third kappa shape index (κ3) is 9.40. The molecule has 46 heavy (non-hydrogen) atoms. The van der Waals surface area contributed by atoms with E-state index in [1.54, 1.807) is 22.8 Å². The van der Waals surface area contributed by atoms with Crippen molar-refractivity contribution in [1.82, 2.24) is 25.8 Å². The number of carbonyl (C=O) groups excluding carboxylic acids is 5. The molecule has 11 heteroatoms. The Morgan fingerprint density at radius 3 is 2.20 bits per heavy atom. The molecular weight excluding hydrogens is 586 g/mol. The fourth-order valence-electron chi connectivity index (χ4n) is 5.32. The Morgan fingerprint density at radius 1 is 0.826 bits per heavy atom. The molecular formula is C35H41N5O6. The number of piperazine rings is 1. The minimum Gasteiger partial charge on any atom is -0.445 e. The van der Waals surface area contributed by atoms with Crippen molar-refractivity contribution >= 4 is 40.5 Å². The van der Waals surface area contributed by atoms with Crippen LogP contribution in [-0.2, 0) is 25.7 Å². The molecule has 5 amide bonds. The van der Waals surface area contributed by atoms with Crippen LogP contribution in [0.15, 0.2) is 85.5 Å². The van der Waals surface area contributed by atoms with E-state index in [0.29, 0.717) is 31.4 Å². The maximum atomic E-state index is 13.6. The van der Waals surface area contributed by atoms with Crippen molar-refractivity contribution < 1.29 is 28.7 Å². The first-order chi connectivity index (χ1) is 22.3. The first-order valence-electron chi connectivity index (χ1n) is 15.5. The molecule has 1 aliphatic heterocycles. The summed E-state index contributed by atoms with van der Waals surface area (Å²) in [6, 6.07) is 20.7. The summed E-state index contributed by atoms with van der Waals surface area (Å²) in [5.41, 5.74) is 1.32. The normalized spacial score (nSPS) is 14.1. The number of hydrogen-bond donors (Lipinski definition) is 3. The zero-order chi connectivity index (χ0) is 32.9. The summed E-state index contributed by atoms with van der Waals surface area (Å²) in [4.78, 5) is 67.2. The molecule has 0 bridgehead atoms. The van der Waals surface area contributed by atoms with Crippen molar-refractivity contribution in [3.8, 4) is 0 Å². The molecule has 2 atom stereocenters. The molecule has 0 aromatic heterocycles. The zero-order valence-corrected chi connectivity index (χ0v) is 26.1. The highest BCUT2D eigenvalue weighted by Crippen LogP contribution is 2.19. The van der Waals surface area contributed by atoms with Crippen LogP contribution >= 0.6 is 0 Å². The van der Waals surface area contributed by atoms with Crippen LogP contribution in [0, 0.1) is 0 Å². The van der Waals surface area contributed by atoms with Gasteiger partial charge in [-0.15, -0.1) is 0 Å². The number of carbonyl (C=O) groups is 5. The first kappa shape index (κ1) is 33.7. The fraction of sp³-hybridized carbons (Fsp3) is 0.343. The topological polar surface area (TPSA) is 137 Å². The Balaban J connectivity index is 1.30. The van der Waals surface area contributed by atoms with E-state index in [1.165, 1.54) is 6.08 Å². The minimum absolute atomic E-state index is 0.0666. The number of benzene rings is 3. The van der Waals surface area contributed by atoms with Gasteiger partial charge in [-0.05, 0) is 54.7 Å². The Bertz CT molecular complexity index is 1530. The fourth-order valence-corrected chi connectivity index (χ4v) is 5.32. The average Bonchev–Trinajstić information content (AvgIpc) is 3.09. The second kappa shape index (κ2) is 16.8. The highest BCUT2D eigenvalue weighted by Gasteiger charge is 2.32. The molecule has 1 saturated heterocycles. The van der Waals surface area contributed by atoms with Gasteiger partial charge >= 0.3 is 6.09 Å². The summed E-state index contributed by atoms with van der Waals surface area (Å²) in [7, 11) is 0. The first-order valence-corrected chi connectivity index (χ1v) is 15.5. The van der Waals surface area contributed by atoms with Crippen molar-refractivity contribution in [3.05, 3.63) is 96.6 Å². The Labute approximate surface area is 268 Å². The summed E-state index contributed by atoms with van der Waals surface area (Å²) in [5, 5.41) is 9.98. The molecule has 4 rings (SSSR count). The Hall–Kier alpha value is -5.19. The molecule has 1 heterocycles. The van der Waals surface area contributed by atoms with Crippen LogP contribution in [-0.4, -0.2) is 84.3 Å². The SMILES string of the molecule is C=CC(=O)NCCCC[C@H](NC(=O)OCc1ccccc1)C(=O)N1CCN(C(=O)[C@H](C)NC(=O)c2cccc3ccccc23)CC1. The molecule has 0 unspecified atom stereocenters. The average molecular weight is 628 g/mol. The summed E-state index contributed by atoms with van der Waals surface area (Å²) in [6.07, 6.45) is 2.01. The summed E-state index contributed by atoms with van der Waals surface area (Å²) in [6.45, 7) is 6.70. The van der Waals surface area contributed by atoms with Gasteiger partial charge in [0.05, 0.1) is 0 Å². The van der Waals surface area contributed by atoms with Crippen LogP contribution in [0.2, 0.25) is 0 Å². The van der Waals surface area contributed by atoms with E-state index in [2.05, 4.69) is 22.5 Å². The maximum absolute atomic E-state index is 13.6. The van der Waals surface area contributed by atoms with Crippen molar-refractivity contribution in [2.24, 2.45) is 0 Å². The van der Waals surface area contributed by atoms with E-state index >= 15 is 0 Å². The quantitative estimate of drug-likeness (QED) is 0.196. The number of nitrogens with one attached hydrogen (secondary N) is 3. The highest BCUT2D eigenvalue weighted by molar-refractivity contribution is 6.08. The second-order valence-corrected chi connectivity index (χ2v) is 11.1. The van der Waals surface area contributed by atoms with Crippen LogP contribution in [0.5, 0.6) is 0 Å². The number of amides is 5. The molecule has 0 spiro atoms. The highest BCUT2D eigenvalue weighted by atomic mass is 16.5. The number of unbranched alkanes of at least 4 members (excludes halogenated alkanes) is 1. The lowest BCUT2D eigenvalue weighted by Crippen LogP contribution is -2.58. The van der Waals surface area contributed by atoms with E-state index < -0.39 is 18.2 Å². The smallest absolute Gasteiger partial charge is 0.408 e. The molecule has 11 nitrogen and oxygen atoms in total. The van der Waals surface area contributed by atoms with E-state index in [9.17, 15) is 24.0 Å². The molecule has 242 valence electrons. The predicted octanol–water partition coefficient (Wildman–Crippen LogP) is 3.40. The van der Waals surface area contributed by atoms with Crippen LogP contribution in [0.4, 0.5) is 4.79 Å². The van der Waals surface area contributed by atoms with Crippen LogP contribution in [0.3, 0.4) is 0 Å². The zero-order valence-electron chi connectivity index (χ0n) is 26.1. The number of hydrogen-bond acceptors (Lipinski definition) is 6.